The van der Waals surface area contributed by atoms with Gasteiger partial charge in [0.2, 0.25) is 0 Å². The molecule has 2 aromatic carbocycles. The summed E-state index contributed by atoms with van der Waals surface area (Å²) >= 11 is 5.37. The lowest BCUT2D eigenvalue weighted by atomic mass is 10.1. The fraction of sp³-hybridized carbons (Fsp3) is 0.125. The van der Waals surface area contributed by atoms with Crippen LogP contribution in [-0.2, 0) is 6.54 Å². The van der Waals surface area contributed by atoms with E-state index in [4.69, 9.17) is 0 Å². The molecule has 0 radical (unpaired) electrons. The first-order valence-electron chi connectivity index (χ1n) is 6.19. The quantitative estimate of drug-likeness (QED) is 0.660. The number of aryl methyl sites for hydroxylation is 1. The Kier molecular flexibility index (Phi) is 3.58. The van der Waals surface area contributed by atoms with Crippen molar-refractivity contribution < 1.29 is 0 Å². The minimum Gasteiger partial charge on any atom is -0.381 e. The van der Waals surface area contributed by atoms with Crippen molar-refractivity contribution in [2.75, 3.05) is 5.32 Å². The first-order valence-corrected chi connectivity index (χ1v) is 7.86. The van der Waals surface area contributed by atoms with Crippen molar-refractivity contribution in [1.82, 2.24) is 0 Å². The molecule has 0 spiro atoms. The summed E-state index contributed by atoms with van der Waals surface area (Å²) in [7, 11) is 0. The lowest BCUT2D eigenvalue weighted by molar-refractivity contribution is 1.17. The maximum absolute atomic E-state index is 3.57. The van der Waals surface area contributed by atoms with Gasteiger partial charge in [0.15, 0.2) is 0 Å². The normalized spacial score (nSPS) is 10.8. The summed E-state index contributed by atoms with van der Waals surface area (Å²) in [6.45, 7) is 2.96. The molecule has 1 aromatic heterocycles. The van der Waals surface area contributed by atoms with Crippen LogP contribution in [0.3, 0.4) is 0 Å². The second-order valence-corrected chi connectivity index (χ2v) is 6.34. The van der Waals surface area contributed by atoms with Crippen LogP contribution in [0.4, 0.5) is 5.69 Å². The molecule has 0 saturated carbocycles. The highest BCUT2D eigenvalue weighted by atomic mass is 79.9. The average Bonchev–Trinajstić information content (AvgIpc) is 2.83. The standard InChI is InChI=1S/C16H14BrNS/c1-11-6-7-13(8-15(11)17)18-9-12-10-19-16-5-3-2-4-14(12)16/h2-8,10,18H,9H2,1H3. The second-order valence-electron chi connectivity index (χ2n) is 4.57. The summed E-state index contributed by atoms with van der Waals surface area (Å²) in [5, 5.41) is 7.07. The summed E-state index contributed by atoms with van der Waals surface area (Å²) in [4.78, 5) is 0. The summed E-state index contributed by atoms with van der Waals surface area (Å²) in [6.07, 6.45) is 0. The van der Waals surface area contributed by atoms with E-state index < -0.39 is 0 Å². The number of rotatable bonds is 3. The number of fused-ring (bicyclic) bond motifs is 1. The summed E-state index contributed by atoms with van der Waals surface area (Å²) in [5.41, 5.74) is 3.76. The zero-order valence-electron chi connectivity index (χ0n) is 10.6. The summed E-state index contributed by atoms with van der Waals surface area (Å²) in [6, 6.07) is 14.9. The highest BCUT2D eigenvalue weighted by molar-refractivity contribution is 9.10. The van der Waals surface area contributed by atoms with Crippen molar-refractivity contribution in [3.8, 4) is 0 Å². The molecule has 1 nitrogen and oxygen atoms in total. The molecule has 0 aliphatic heterocycles. The topological polar surface area (TPSA) is 12.0 Å². The lowest BCUT2D eigenvalue weighted by Crippen LogP contribution is -1.98. The van der Waals surface area contributed by atoms with Gasteiger partial charge in [0.25, 0.3) is 0 Å². The summed E-state index contributed by atoms with van der Waals surface area (Å²) in [5.74, 6) is 0. The molecular weight excluding hydrogens is 318 g/mol. The van der Waals surface area contributed by atoms with Crippen LogP contribution in [0.25, 0.3) is 10.1 Å². The largest absolute Gasteiger partial charge is 0.381 e. The van der Waals surface area contributed by atoms with Gasteiger partial charge in [-0.2, -0.15) is 0 Å². The van der Waals surface area contributed by atoms with Crippen molar-refractivity contribution in [2.24, 2.45) is 0 Å². The van der Waals surface area contributed by atoms with Crippen molar-refractivity contribution in [1.29, 1.82) is 0 Å². The van der Waals surface area contributed by atoms with E-state index in [0.29, 0.717) is 0 Å². The van der Waals surface area contributed by atoms with Crippen LogP contribution < -0.4 is 5.32 Å². The monoisotopic (exact) mass is 331 g/mol. The fourth-order valence-electron chi connectivity index (χ4n) is 2.07. The number of nitrogens with one attached hydrogen (secondary N) is 1. The van der Waals surface area contributed by atoms with Crippen LogP contribution in [0.5, 0.6) is 0 Å². The van der Waals surface area contributed by atoms with Crippen LogP contribution in [0.15, 0.2) is 52.3 Å². The summed E-state index contributed by atoms with van der Waals surface area (Å²) < 4.78 is 2.50. The predicted molar refractivity (Wildman–Crippen MR) is 88.0 cm³/mol. The van der Waals surface area contributed by atoms with E-state index in [0.717, 1.165) is 16.7 Å². The van der Waals surface area contributed by atoms with E-state index in [-0.39, 0.29) is 0 Å². The fourth-order valence-corrected chi connectivity index (χ4v) is 3.41. The van der Waals surface area contributed by atoms with Gasteiger partial charge in [-0.3, -0.25) is 0 Å². The molecule has 3 heteroatoms. The molecule has 0 amide bonds. The molecule has 1 heterocycles. The van der Waals surface area contributed by atoms with Crippen LogP contribution >= 0.6 is 27.3 Å². The Morgan fingerprint density at radius 1 is 1.16 bits per heavy atom. The molecule has 0 saturated heterocycles. The second kappa shape index (κ2) is 5.35. The predicted octanol–water partition coefficient (Wildman–Crippen LogP) is 5.58. The SMILES string of the molecule is Cc1ccc(NCc2csc3ccccc23)cc1Br. The Morgan fingerprint density at radius 3 is 2.84 bits per heavy atom. The lowest BCUT2D eigenvalue weighted by Gasteiger charge is -2.07. The molecular formula is C16H14BrNS. The smallest absolute Gasteiger partial charge is 0.0415 e. The Labute approximate surface area is 125 Å². The number of thiophene rings is 1. The average molecular weight is 332 g/mol. The molecule has 0 unspecified atom stereocenters. The molecule has 0 atom stereocenters. The van der Waals surface area contributed by atoms with Gasteiger partial charge in [0.1, 0.15) is 0 Å². The highest BCUT2D eigenvalue weighted by Crippen LogP contribution is 2.27. The number of hydrogen-bond donors (Lipinski definition) is 1. The van der Waals surface area contributed by atoms with Crippen molar-refractivity contribution >= 4 is 43.0 Å². The molecule has 96 valence electrons. The van der Waals surface area contributed by atoms with Crippen LogP contribution in [0, 0.1) is 6.92 Å². The van der Waals surface area contributed by atoms with Gasteiger partial charge in [-0.25, -0.2) is 0 Å². The Bertz CT molecular complexity index is 718. The highest BCUT2D eigenvalue weighted by Gasteiger charge is 2.03. The minimum atomic E-state index is 0.861. The van der Waals surface area contributed by atoms with Gasteiger partial charge in [-0.05, 0) is 47.0 Å². The van der Waals surface area contributed by atoms with Gasteiger partial charge in [-0.15, -0.1) is 11.3 Å². The molecule has 3 aromatic rings. The first-order chi connectivity index (χ1) is 9.24. The van der Waals surface area contributed by atoms with Gasteiger partial charge in [0.05, 0.1) is 0 Å². The molecule has 3 rings (SSSR count). The number of hydrogen-bond acceptors (Lipinski definition) is 2. The van der Waals surface area contributed by atoms with E-state index in [9.17, 15) is 0 Å². The van der Waals surface area contributed by atoms with Crippen LogP contribution in [0.1, 0.15) is 11.1 Å². The molecule has 1 N–H and O–H groups in total. The Hall–Kier alpha value is -1.32. The Morgan fingerprint density at radius 2 is 2.00 bits per heavy atom. The van der Waals surface area contributed by atoms with E-state index in [1.165, 1.54) is 21.2 Å². The van der Waals surface area contributed by atoms with Gasteiger partial charge >= 0.3 is 0 Å². The number of benzene rings is 2. The zero-order chi connectivity index (χ0) is 13.2. The maximum Gasteiger partial charge on any atom is 0.0415 e. The molecule has 0 bridgehead atoms. The number of anilines is 1. The van der Waals surface area contributed by atoms with Crippen molar-refractivity contribution in [3.05, 3.63) is 63.4 Å². The molecule has 19 heavy (non-hydrogen) atoms. The molecule has 0 aliphatic rings. The number of halogens is 1. The van der Waals surface area contributed by atoms with Gasteiger partial charge < -0.3 is 5.32 Å². The van der Waals surface area contributed by atoms with Crippen LogP contribution in [0.2, 0.25) is 0 Å². The third-order valence-corrected chi connectivity index (χ3v) is 5.08. The van der Waals surface area contributed by atoms with E-state index >= 15 is 0 Å². The van der Waals surface area contributed by atoms with Crippen molar-refractivity contribution in [3.63, 3.8) is 0 Å². The van der Waals surface area contributed by atoms with Crippen LogP contribution in [-0.4, -0.2) is 0 Å². The van der Waals surface area contributed by atoms with Gasteiger partial charge in [0, 0.05) is 21.4 Å². The molecule has 0 fully saturated rings. The first kappa shape index (κ1) is 12.7. The zero-order valence-corrected chi connectivity index (χ0v) is 13.0. The van der Waals surface area contributed by atoms with E-state index in [2.05, 4.69) is 76.0 Å². The van der Waals surface area contributed by atoms with E-state index in [1.54, 1.807) is 11.3 Å². The van der Waals surface area contributed by atoms with Crippen molar-refractivity contribution in [2.45, 2.75) is 13.5 Å². The van der Waals surface area contributed by atoms with Gasteiger partial charge in [-0.1, -0.05) is 40.2 Å². The minimum absolute atomic E-state index is 0.861. The third kappa shape index (κ3) is 2.67. The molecule has 0 aliphatic carbocycles. The van der Waals surface area contributed by atoms with E-state index in [1.807, 2.05) is 0 Å². The maximum atomic E-state index is 3.57. The third-order valence-electron chi connectivity index (χ3n) is 3.22. The Balaban J connectivity index is 1.80.